The molecule has 0 aliphatic rings. The highest BCUT2D eigenvalue weighted by atomic mass is 35.5. The monoisotopic (exact) mass is 448 g/mol. The van der Waals surface area contributed by atoms with Crippen LogP contribution in [0.3, 0.4) is 0 Å². The van der Waals surface area contributed by atoms with Gasteiger partial charge in [0, 0.05) is 15.6 Å². The first-order valence-corrected chi connectivity index (χ1v) is 12.0. The van der Waals surface area contributed by atoms with E-state index in [9.17, 15) is 13.2 Å². The smallest absolute Gasteiger partial charge is 0.232 e. The van der Waals surface area contributed by atoms with Gasteiger partial charge in [-0.15, -0.1) is 11.3 Å². The van der Waals surface area contributed by atoms with Crippen molar-refractivity contribution in [1.82, 2.24) is 0 Å². The van der Waals surface area contributed by atoms with E-state index in [2.05, 4.69) is 0 Å². The van der Waals surface area contributed by atoms with Crippen molar-refractivity contribution in [2.75, 3.05) is 15.5 Å². The average molecular weight is 449 g/mol. The minimum atomic E-state index is -3.53. The van der Waals surface area contributed by atoms with E-state index in [0.29, 0.717) is 28.5 Å². The number of rotatable bonds is 8. The summed E-state index contributed by atoms with van der Waals surface area (Å²) in [7, 11) is -3.53. The summed E-state index contributed by atoms with van der Waals surface area (Å²) in [4.78, 5) is 14.3. The molecule has 3 aromatic rings. The average Bonchev–Trinajstić information content (AvgIpc) is 3.09. The van der Waals surface area contributed by atoms with Crippen molar-refractivity contribution in [2.45, 2.75) is 20.0 Å². The van der Waals surface area contributed by atoms with Gasteiger partial charge < -0.3 is 4.90 Å². The number of sulfonamides is 1. The highest BCUT2D eigenvalue weighted by Crippen LogP contribution is 2.27. The number of nitrogens with zero attached hydrogens (tertiary/aromatic N) is 2. The molecular weight excluding hydrogens is 428 g/mol. The lowest BCUT2D eigenvalue weighted by Gasteiger charge is -2.24. The van der Waals surface area contributed by atoms with Gasteiger partial charge in [-0.05, 0) is 59.8 Å². The van der Waals surface area contributed by atoms with Gasteiger partial charge in [0.15, 0.2) is 0 Å². The molecule has 29 heavy (non-hydrogen) atoms. The van der Waals surface area contributed by atoms with Crippen LogP contribution in [0.4, 0.5) is 11.4 Å². The van der Waals surface area contributed by atoms with E-state index in [1.54, 1.807) is 58.7 Å². The first kappa shape index (κ1) is 21.4. The third-order valence-electron chi connectivity index (χ3n) is 4.55. The van der Waals surface area contributed by atoms with Crippen LogP contribution in [0.5, 0.6) is 0 Å². The normalized spacial score (nSPS) is 11.3. The minimum Gasteiger partial charge on any atom is -0.310 e. The number of anilines is 2. The zero-order valence-electron chi connectivity index (χ0n) is 16.1. The summed E-state index contributed by atoms with van der Waals surface area (Å²) in [6, 6.07) is 16.1. The van der Waals surface area contributed by atoms with E-state index in [4.69, 9.17) is 11.6 Å². The van der Waals surface area contributed by atoms with E-state index < -0.39 is 10.0 Å². The Labute approximate surface area is 180 Å². The Kier molecular flexibility index (Phi) is 6.62. The van der Waals surface area contributed by atoms with Crippen LogP contribution in [0.2, 0.25) is 5.02 Å². The first-order chi connectivity index (χ1) is 13.8. The predicted octanol–water partition coefficient (Wildman–Crippen LogP) is 4.84. The molecule has 3 rings (SSSR count). The van der Waals surface area contributed by atoms with Crippen molar-refractivity contribution in [3.8, 4) is 0 Å². The Morgan fingerprint density at radius 2 is 1.66 bits per heavy atom. The van der Waals surface area contributed by atoms with Gasteiger partial charge in [-0.25, -0.2) is 8.42 Å². The fourth-order valence-electron chi connectivity index (χ4n) is 2.90. The standard InChI is InChI=1S/C21H21ClN2O3S2/c1-16-11-12-28-21(16)14-23(15-25)18-7-9-19(10-8-18)24(29(2,26)27)13-17-5-3-4-6-20(17)22/h3-12,15H,13-14H2,1-2H3. The van der Waals surface area contributed by atoms with E-state index >= 15 is 0 Å². The third-order valence-corrected chi connectivity index (χ3v) is 7.07. The van der Waals surface area contributed by atoms with Crippen molar-refractivity contribution in [1.29, 1.82) is 0 Å². The number of halogens is 1. The maximum absolute atomic E-state index is 12.4. The number of thiophene rings is 1. The number of benzene rings is 2. The third kappa shape index (κ3) is 5.18. The molecule has 0 atom stereocenters. The number of carbonyl (C=O) groups is 1. The van der Waals surface area contributed by atoms with Gasteiger partial charge in [0.05, 0.1) is 25.0 Å². The summed E-state index contributed by atoms with van der Waals surface area (Å²) in [6.45, 7) is 2.61. The van der Waals surface area contributed by atoms with Crippen molar-refractivity contribution in [2.24, 2.45) is 0 Å². The van der Waals surface area contributed by atoms with E-state index in [1.165, 1.54) is 4.31 Å². The molecule has 0 spiro atoms. The molecule has 0 radical (unpaired) electrons. The number of amides is 1. The maximum Gasteiger partial charge on any atom is 0.232 e. The van der Waals surface area contributed by atoms with Crippen LogP contribution in [0.1, 0.15) is 16.0 Å². The number of carbonyl (C=O) groups excluding carboxylic acids is 1. The fourth-order valence-corrected chi connectivity index (χ4v) is 4.88. The molecule has 8 heteroatoms. The quantitative estimate of drug-likeness (QED) is 0.463. The summed E-state index contributed by atoms with van der Waals surface area (Å²) >= 11 is 7.81. The molecule has 0 fully saturated rings. The molecule has 0 aliphatic carbocycles. The Bertz CT molecular complexity index is 1100. The van der Waals surface area contributed by atoms with E-state index in [0.717, 1.165) is 23.1 Å². The maximum atomic E-state index is 12.4. The Hall–Kier alpha value is -2.35. The van der Waals surface area contributed by atoms with Gasteiger partial charge in [0.1, 0.15) is 0 Å². The van der Waals surface area contributed by atoms with Crippen LogP contribution >= 0.6 is 22.9 Å². The van der Waals surface area contributed by atoms with Crippen LogP contribution in [-0.4, -0.2) is 21.1 Å². The largest absolute Gasteiger partial charge is 0.310 e. The summed E-state index contributed by atoms with van der Waals surface area (Å²) in [5.41, 5.74) is 3.06. The van der Waals surface area contributed by atoms with Gasteiger partial charge in [-0.3, -0.25) is 9.10 Å². The highest BCUT2D eigenvalue weighted by Gasteiger charge is 2.19. The molecule has 0 bridgehead atoms. The second-order valence-corrected chi connectivity index (χ2v) is 9.95. The van der Waals surface area contributed by atoms with Crippen LogP contribution in [0.25, 0.3) is 0 Å². The summed E-state index contributed by atoms with van der Waals surface area (Å²) in [6.07, 6.45) is 1.95. The summed E-state index contributed by atoms with van der Waals surface area (Å²) in [5, 5.41) is 2.51. The number of hydrogen-bond acceptors (Lipinski definition) is 4. The lowest BCUT2D eigenvalue weighted by molar-refractivity contribution is -0.107. The molecule has 0 aliphatic heterocycles. The zero-order valence-corrected chi connectivity index (χ0v) is 18.5. The van der Waals surface area contributed by atoms with Gasteiger partial charge in [-0.1, -0.05) is 29.8 Å². The molecule has 0 unspecified atom stereocenters. The van der Waals surface area contributed by atoms with Crippen molar-refractivity contribution in [3.05, 3.63) is 81.0 Å². The zero-order chi connectivity index (χ0) is 21.0. The lowest BCUT2D eigenvalue weighted by atomic mass is 10.2. The molecule has 0 saturated heterocycles. The van der Waals surface area contributed by atoms with Crippen molar-refractivity contribution < 1.29 is 13.2 Å². The number of aryl methyl sites for hydroxylation is 1. The van der Waals surface area contributed by atoms with Crippen LogP contribution in [0, 0.1) is 6.92 Å². The molecule has 152 valence electrons. The molecule has 0 saturated carbocycles. The van der Waals surface area contributed by atoms with Crippen LogP contribution < -0.4 is 9.21 Å². The van der Waals surface area contributed by atoms with E-state index in [-0.39, 0.29) is 6.54 Å². The highest BCUT2D eigenvalue weighted by molar-refractivity contribution is 7.92. The molecule has 0 N–H and O–H groups in total. The summed E-state index contributed by atoms with van der Waals surface area (Å²) in [5.74, 6) is 0. The van der Waals surface area contributed by atoms with Gasteiger partial charge in [0.2, 0.25) is 16.4 Å². The van der Waals surface area contributed by atoms with Gasteiger partial charge >= 0.3 is 0 Å². The van der Waals surface area contributed by atoms with E-state index in [1.807, 2.05) is 24.4 Å². The topological polar surface area (TPSA) is 57.7 Å². The molecular formula is C21H21ClN2O3S2. The predicted molar refractivity (Wildman–Crippen MR) is 120 cm³/mol. The molecule has 5 nitrogen and oxygen atoms in total. The molecule has 1 aromatic heterocycles. The first-order valence-electron chi connectivity index (χ1n) is 8.85. The van der Waals surface area contributed by atoms with Crippen molar-refractivity contribution in [3.63, 3.8) is 0 Å². The Balaban J connectivity index is 1.86. The Morgan fingerprint density at radius 3 is 2.21 bits per heavy atom. The SMILES string of the molecule is Cc1ccsc1CN(C=O)c1ccc(N(Cc2ccccc2Cl)S(C)(=O)=O)cc1. The Morgan fingerprint density at radius 1 is 1.00 bits per heavy atom. The number of hydrogen-bond donors (Lipinski definition) is 0. The van der Waals surface area contributed by atoms with Gasteiger partial charge in [-0.2, -0.15) is 0 Å². The molecule has 1 amide bonds. The molecule has 2 aromatic carbocycles. The van der Waals surface area contributed by atoms with Gasteiger partial charge in [0.25, 0.3) is 0 Å². The second kappa shape index (κ2) is 8.98. The minimum absolute atomic E-state index is 0.129. The second-order valence-electron chi connectivity index (χ2n) is 6.64. The molecule has 1 heterocycles. The van der Waals surface area contributed by atoms with Crippen LogP contribution in [-0.2, 0) is 27.9 Å². The van der Waals surface area contributed by atoms with Crippen LogP contribution in [0.15, 0.2) is 60.0 Å². The lowest BCUT2D eigenvalue weighted by Crippen LogP contribution is -2.29. The summed E-state index contributed by atoms with van der Waals surface area (Å²) < 4.78 is 26.1. The fraction of sp³-hybridized carbons (Fsp3) is 0.190. The van der Waals surface area contributed by atoms with Crippen molar-refractivity contribution >= 4 is 50.7 Å².